The van der Waals surface area contributed by atoms with Crippen LogP contribution in [-0.4, -0.2) is 34.3 Å². The molecule has 1 aliphatic rings. The average molecular weight is 297 g/mol. The summed E-state index contributed by atoms with van der Waals surface area (Å²) < 4.78 is 0. The maximum Gasteiger partial charge on any atom is 0.151 e. The minimum Gasteiger partial charge on any atom is -0.354 e. The second-order valence-corrected chi connectivity index (χ2v) is 5.99. The summed E-state index contributed by atoms with van der Waals surface area (Å²) >= 11 is 0. The van der Waals surface area contributed by atoms with Crippen LogP contribution < -0.4 is 10.2 Å². The van der Waals surface area contributed by atoms with Crippen molar-refractivity contribution in [2.75, 3.05) is 18.0 Å². The van der Waals surface area contributed by atoms with Gasteiger partial charge in [-0.05, 0) is 50.5 Å². The van der Waals surface area contributed by atoms with E-state index in [2.05, 4.69) is 44.5 Å². The number of hydrogen-bond donors (Lipinski definition) is 1. The van der Waals surface area contributed by atoms with Crippen LogP contribution in [0.1, 0.15) is 37.1 Å². The van der Waals surface area contributed by atoms with Crippen LogP contribution in [0.5, 0.6) is 0 Å². The number of piperidine rings is 1. The van der Waals surface area contributed by atoms with Crippen molar-refractivity contribution in [2.24, 2.45) is 0 Å². The number of nitrogens with one attached hydrogen (secondary N) is 1. The molecule has 0 spiro atoms. The highest BCUT2D eigenvalue weighted by atomic mass is 15.3. The molecule has 3 rings (SSSR count). The van der Waals surface area contributed by atoms with Crippen molar-refractivity contribution in [1.29, 1.82) is 0 Å². The number of hydrogen-bond acceptors (Lipinski definition) is 5. The van der Waals surface area contributed by atoms with E-state index in [1.165, 1.54) is 18.4 Å². The molecule has 22 heavy (non-hydrogen) atoms. The van der Waals surface area contributed by atoms with E-state index < -0.39 is 0 Å². The summed E-state index contributed by atoms with van der Waals surface area (Å²) in [5.74, 6) is 0.978. The number of nitrogens with zero attached hydrogens (tertiary/aromatic N) is 4. The van der Waals surface area contributed by atoms with Gasteiger partial charge < -0.3 is 10.2 Å². The van der Waals surface area contributed by atoms with Gasteiger partial charge in [0, 0.05) is 37.6 Å². The van der Waals surface area contributed by atoms with Crippen LogP contribution >= 0.6 is 0 Å². The molecule has 1 aliphatic heterocycles. The Labute approximate surface area is 131 Å². The topological polar surface area (TPSA) is 53.9 Å². The molecule has 0 unspecified atom stereocenters. The Hall–Kier alpha value is -2.01. The largest absolute Gasteiger partial charge is 0.354 e. The maximum atomic E-state index is 4.31. The predicted molar refractivity (Wildman–Crippen MR) is 87.8 cm³/mol. The monoisotopic (exact) mass is 297 g/mol. The molecule has 0 radical (unpaired) electrons. The Balaban J connectivity index is 1.62. The smallest absolute Gasteiger partial charge is 0.151 e. The molecule has 0 aromatic carbocycles. The normalized spacial score (nSPS) is 19.9. The molecule has 5 nitrogen and oxygen atoms in total. The molecule has 2 aromatic heterocycles. The highest BCUT2D eigenvalue weighted by molar-refractivity contribution is 5.38. The Bertz CT molecular complexity index is 584. The van der Waals surface area contributed by atoms with Crippen molar-refractivity contribution in [2.45, 2.75) is 38.8 Å². The van der Waals surface area contributed by atoms with Crippen molar-refractivity contribution >= 4 is 5.82 Å². The molecule has 0 aliphatic carbocycles. The number of rotatable bonds is 4. The van der Waals surface area contributed by atoms with E-state index in [0.717, 1.165) is 24.6 Å². The van der Waals surface area contributed by atoms with Crippen LogP contribution in [0.15, 0.2) is 36.7 Å². The summed E-state index contributed by atoms with van der Waals surface area (Å²) in [5, 5.41) is 12.2. The SMILES string of the molecule is Cc1ccc(N2CCC[C@H](N[C@H](C)c3cccnc3)C2)nn1. The summed E-state index contributed by atoms with van der Waals surface area (Å²) in [6.45, 7) is 6.19. The van der Waals surface area contributed by atoms with E-state index in [9.17, 15) is 0 Å². The Morgan fingerprint density at radius 3 is 2.91 bits per heavy atom. The number of aromatic nitrogens is 3. The fourth-order valence-electron chi connectivity index (χ4n) is 2.96. The minimum absolute atomic E-state index is 0.308. The van der Waals surface area contributed by atoms with Crippen molar-refractivity contribution in [3.63, 3.8) is 0 Å². The van der Waals surface area contributed by atoms with Gasteiger partial charge in [0.05, 0.1) is 5.69 Å². The van der Waals surface area contributed by atoms with Gasteiger partial charge in [0.2, 0.25) is 0 Å². The van der Waals surface area contributed by atoms with E-state index in [0.29, 0.717) is 12.1 Å². The standard InChI is InChI=1S/C17H23N5/c1-13-7-8-17(21-20-13)22-10-4-6-16(12-22)19-14(2)15-5-3-9-18-11-15/h3,5,7-9,11,14,16,19H,4,6,10,12H2,1-2H3/t14-,16+/m1/s1. The van der Waals surface area contributed by atoms with Gasteiger partial charge in [-0.25, -0.2) is 0 Å². The molecule has 1 fully saturated rings. The molecule has 1 saturated heterocycles. The maximum absolute atomic E-state index is 4.31. The fraction of sp³-hybridized carbons (Fsp3) is 0.471. The summed E-state index contributed by atoms with van der Waals surface area (Å²) in [7, 11) is 0. The third-order valence-corrected chi connectivity index (χ3v) is 4.20. The molecule has 2 atom stereocenters. The van der Waals surface area contributed by atoms with Crippen LogP contribution in [0.25, 0.3) is 0 Å². The van der Waals surface area contributed by atoms with Gasteiger partial charge in [-0.1, -0.05) is 6.07 Å². The van der Waals surface area contributed by atoms with Gasteiger partial charge in [-0.15, -0.1) is 5.10 Å². The van der Waals surface area contributed by atoms with Gasteiger partial charge in [0.1, 0.15) is 0 Å². The molecular formula is C17H23N5. The van der Waals surface area contributed by atoms with Gasteiger partial charge in [0.25, 0.3) is 0 Å². The zero-order valence-electron chi connectivity index (χ0n) is 13.2. The van der Waals surface area contributed by atoms with Crippen molar-refractivity contribution in [1.82, 2.24) is 20.5 Å². The van der Waals surface area contributed by atoms with E-state index in [1.807, 2.05) is 31.5 Å². The third kappa shape index (κ3) is 3.60. The molecule has 116 valence electrons. The highest BCUT2D eigenvalue weighted by Gasteiger charge is 2.22. The quantitative estimate of drug-likeness (QED) is 0.939. The number of pyridine rings is 1. The van der Waals surface area contributed by atoms with Crippen molar-refractivity contribution < 1.29 is 0 Å². The van der Waals surface area contributed by atoms with Crippen LogP contribution in [0, 0.1) is 6.92 Å². The van der Waals surface area contributed by atoms with Crippen LogP contribution in [0.2, 0.25) is 0 Å². The first-order valence-corrected chi connectivity index (χ1v) is 7.93. The second kappa shape index (κ2) is 6.83. The van der Waals surface area contributed by atoms with Gasteiger partial charge in [-0.3, -0.25) is 4.98 Å². The molecule has 0 bridgehead atoms. The number of aryl methyl sites for hydroxylation is 1. The van der Waals surface area contributed by atoms with E-state index in [-0.39, 0.29) is 0 Å². The molecule has 5 heteroatoms. The van der Waals surface area contributed by atoms with E-state index >= 15 is 0 Å². The van der Waals surface area contributed by atoms with Crippen molar-refractivity contribution in [3.8, 4) is 0 Å². The zero-order valence-corrected chi connectivity index (χ0v) is 13.2. The van der Waals surface area contributed by atoms with E-state index in [1.54, 1.807) is 0 Å². The first kappa shape index (κ1) is 14.9. The molecule has 1 N–H and O–H groups in total. The summed E-state index contributed by atoms with van der Waals surface area (Å²) in [4.78, 5) is 6.52. The average Bonchev–Trinajstić information content (AvgIpc) is 2.56. The van der Waals surface area contributed by atoms with Crippen molar-refractivity contribution in [3.05, 3.63) is 47.9 Å². The lowest BCUT2D eigenvalue weighted by molar-refractivity contribution is 0.386. The van der Waals surface area contributed by atoms with Crippen LogP contribution in [0.4, 0.5) is 5.82 Å². The fourth-order valence-corrected chi connectivity index (χ4v) is 2.96. The molecule has 0 amide bonds. The first-order chi connectivity index (χ1) is 10.7. The summed E-state index contributed by atoms with van der Waals surface area (Å²) in [6.07, 6.45) is 6.12. The minimum atomic E-state index is 0.308. The van der Waals surface area contributed by atoms with Crippen LogP contribution in [-0.2, 0) is 0 Å². The highest BCUT2D eigenvalue weighted by Crippen LogP contribution is 2.20. The lowest BCUT2D eigenvalue weighted by atomic mass is 10.0. The Morgan fingerprint density at radius 1 is 1.27 bits per heavy atom. The van der Waals surface area contributed by atoms with Gasteiger partial charge in [0.15, 0.2) is 5.82 Å². The molecular weight excluding hydrogens is 274 g/mol. The molecule has 0 saturated carbocycles. The second-order valence-electron chi connectivity index (χ2n) is 5.99. The first-order valence-electron chi connectivity index (χ1n) is 7.93. The lowest BCUT2D eigenvalue weighted by Crippen LogP contribution is -2.46. The lowest BCUT2D eigenvalue weighted by Gasteiger charge is -2.35. The van der Waals surface area contributed by atoms with Crippen LogP contribution in [0.3, 0.4) is 0 Å². The molecule has 2 aromatic rings. The number of anilines is 1. The molecule has 3 heterocycles. The summed E-state index contributed by atoms with van der Waals surface area (Å²) in [6, 6.07) is 8.97. The van der Waals surface area contributed by atoms with Gasteiger partial charge in [-0.2, -0.15) is 5.10 Å². The Morgan fingerprint density at radius 2 is 2.18 bits per heavy atom. The van der Waals surface area contributed by atoms with E-state index in [4.69, 9.17) is 0 Å². The predicted octanol–water partition coefficient (Wildman–Crippen LogP) is 2.50. The summed E-state index contributed by atoms with van der Waals surface area (Å²) in [5.41, 5.74) is 2.19. The van der Waals surface area contributed by atoms with Gasteiger partial charge >= 0.3 is 0 Å². The zero-order chi connectivity index (χ0) is 15.4. The Kier molecular flexibility index (Phi) is 4.63. The third-order valence-electron chi connectivity index (χ3n) is 4.20.